The van der Waals surface area contributed by atoms with Gasteiger partial charge in [-0.25, -0.2) is 0 Å². The van der Waals surface area contributed by atoms with Crippen LogP contribution < -0.4 is 5.32 Å². The molecule has 2 aliphatic rings. The van der Waals surface area contributed by atoms with Gasteiger partial charge in [0.1, 0.15) is 0 Å². The van der Waals surface area contributed by atoms with Crippen LogP contribution >= 0.6 is 0 Å². The van der Waals surface area contributed by atoms with Gasteiger partial charge in [-0.3, -0.25) is 4.79 Å². The first kappa shape index (κ1) is 14.4. The number of hydrogen-bond donors (Lipinski definition) is 2. The number of carbonyl (C=O) groups is 1. The number of fused-ring (bicyclic) bond motifs is 1. The highest BCUT2D eigenvalue weighted by Crippen LogP contribution is 2.30. The Kier molecular flexibility index (Phi) is 3.89. The molecule has 1 aromatic rings. The van der Waals surface area contributed by atoms with Crippen molar-refractivity contribution in [1.82, 2.24) is 4.90 Å². The molecule has 0 atom stereocenters. The summed E-state index contributed by atoms with van der Waals surface area (Å²) in [7, 11) is 1.79. The number of carbonyl (C=O) groups excluding carboxylic acids is 1. The lowest BCUT2D eigenvalue weighted by atomic mass is 9.99. The third kappa shape index (κ3) is 3.05. The quantitative estimate of drug-likeness (QED) is 0.898. The third-order valence-corrected chi connectivity index (χ3v) is 4.70. The average molecular weight is 288 g/mol. The van der Waals surface area contributed by atoms with Crippen molar-refractivity contribution in [2.75, 3.05) is 25.5 Å². The molecule has 0 unspecified atom stereocenters. The van der Waals surface area contributed by atoms with Crippen molar-refractivity contribution >= 4 is 11.6 Å². The molecule has 1 saturated carbocycles. The fourth-order valence-electron chi connectivity index (χ4n) is 3.53. The maximum Gasteiger partial charge on any atom is 0.253 e. The standard InChI is InChI=1S/C17H24N2O2/c1-19(12-17(21)8-2-3-9-17)16(20)14-6-7-15-13(11-14)5-4-10-18-15/h6-7,11,18,21H,2-5,8-10,12H2,1H3. The van der Waals surface area contributed by atoms with Crippen molar-refractivity contribution in [3.05, 3.63) is 29.3 Å². The molecule has 2 N–H and O–H groups in total. The zero-order valence-electron chi connectivity index (χ0n) is 12.7. The molecule has 114 valence electrons. The van der Waals surface area contributed by atoms with Crippen LogP contribution in [0, 0.1) is 0 Å². The number of nitrogens with zero attached hydrogens (tertiary/aromatic N) is 1. The molecule has 3 rings (SSSR count). The first-order valence-electron chi connectivity index (χ1n) is 7.92. The minimum atomic E-state index is -0.680. The molecule has 0 saturated heterocycles. The van der Waals surface area contributed by atoms with Crippen LogP contribution in [-0.2, 0) is 6.42 Å². The number of aliphatic hydroxyl groups is 1. The molecule has 1 amide bonds. The van der Waals surface area contributed by atoms with E-state index in [0.717, 1.165) is 56.3 Å². The third-order valence-electron chi connectivity index (χ3n) is 4.70. The van der Waals surface area contributed by atoms with Crippen molar-refractivity contribution in [2.45, 2.75) is 44.1 Å². The normalized spacial score (nSPS) is 19.7. The molecular formula is C17H24N2O2. The number of benzene rings is 1. The highest BCUT2D eigenvalue weighted by molar-refractivity contribution is 5.94. The predicted molar refractivity (Wildman–Crippen MR) is 83.6 cm³/mol. The van der Waals surface area contributed by atoms with E-state index in [9.17, 15) is 9.90 Å². The number of nitrogens with one attached hydrogen (secondary N) is 1. The zero-order valence-corrected chi connectivity index (χ0v) is 12.7. The second kappa shape index (κ2) is 5.68. The second-order valence-corrected chi connectivity index (χ2v) is 6.49. The fourth-order valence-corrected chi connectivity index (χ4v) is 3.53. The Labute approximate surface area is 126 Å². The van der Waals surface area contributed by atoms with E-state index >= 15 is 0 Å². The van der Waals surface area contributed by atoms with Crippen molar-refractivity contribution in [1.29, 1.82) is 0 Å². The largest absolute Gasteiger partial charge is 0.388 e. The number of likely N-dealkylation sites (N-methyl/N-ethyl adjacent to an activating group) is 1. The summed E-state index contributed by atoms with van der Waals surface area (Å²) in [4.78, 5) is 14.2. The topological polar surface area (TPSA) is 52.6 Å². The van der Waals surface area contributed by atoms with Crippen molar-refractivity contribution in [2.24, 2.45) is 0 Å². The van der Waals surface area contributed by atoms with E-state index in [2.05, 4.69) is 5.32 Å². The van der Waals surface area contributed by atoms with E-state index in [1.807, 2.05) is 18.2 Å². The molecule has 0 bridgehead atoms. The van der Waals surface area contributed by atoms with E-state index in [-0.39, 0.29) is 5.91 Å². The van der Waals surface area contributed by atoms with Crippen molar-refractivity contribution in [3.63, 3.8) is 0 Å². The molecular weight excluding hydrogens is 264 g/mol. The minimum Gasteiger partial charge on any atom is -0.388 e. The Morgan fingerprint density at radius 3 is 2.86 bits per heavy atom. The molecule has 4 nitrogen and oxygen atoms in total. The van der Waals surface area contributed by atoms with Gasteiger partial charge >= 0.3 is 0 Å². The predicted octanol–water partition coefficient (Wildman–Crippen LogP) is 2.42. The molecule has 4 heteroatoms. The Balaban J connectivity index is 1.72. The number of aryl methyl sites for hydroxylation is 1. The summed E-state index contributed by atoms with van der Waals surface area (Å²) >= 11 is 0. The summed E-state index contributed by atoms with van der Waals surface area (Å²) < 4.78 is 0. The number of rotatable bonds is 3. The Morgan fingerprint density at radius 1 is 1.33 bits per heavy atom. The lowest BCUT2D eigenvalue weighted by molar-refractivity contribution is 0.0157. The van der Waals surface area contributed by atoms with Crippen LogP contribution in [0.25, 0.3) is 0 Å². The maximum atomic E-state index is 12.6. The van der Waals surface area contributed by atoms with Crippen LogP contribution in [0.4, 0.5) is 5.69 Å². The lowest BCUT2D eigenvalue weighted by Crippen LogP contribution is -2.42. The van der Waals surface area contributed by atoms with Crippen LogP contribution in [0.15, 0.2) is 18.2 Å². The smallest absolute Gasteiger partial charge is 0.253 e. The summed E-state index contributed by atoms with van der Waals surface area (Å²) in [6.45, 7) is 1.44. The second-order valence-electron chi connectivity index (χ2n) is 6.49. The summed E-state index contributed by atoms with van der Waals surface area (Å²) in [6.07, 6.45) is 5.86. The summed E-state index contributed by atoms with van der Waals surface area (Å²) in [6, 6.07) is 5.88. The van der Waals surface area contributed by atoms with Gasteiger partial charge in [-0.2, -0.15) is 0 Å². The first-order chi connectivity index (χ1) is 10.1. The van der Waals surface area contributed by atoms with Crippen LogP contribution in [0.2, 0.25) is 0 Å². The van der Waals surface area contributed by atoms with E-state index in [1.165, 1.54) is 5.56 Å². The fraction of sp³-hybridized carbons (Fsp3) is 0.588. The number of hydrogen-bond acceptors (Lipinski definition) is 3. The molecule has 21 heavy (non-hydrogen) atoms. The van der Waals surface area contributed by atoms with Crippen LogP contribution in [0.5, 0.6) is 0 Å². The summed E-state index contributed by atoms with van der Waals surface area (Å²) in [5.41, 5.74) is 2.41. The SMILES string of the molecule is CN(CC1(O)CCCC1)C(=O)c1ccc2c(c1)CCCN2. The number of anilines is 1. The van der Waals surface area contributed by atoms with E-state index in [1.54, 1.807) is 11.9 Å². The summed E-state index contributed by atoms with van der Waals surface area (Å²) in [5.74, 6) is 0.00342. The van der Waals surface area contributed by atoms with Gasteiger partial charge in [-0.15, -0.1) is 0 Å². The molecule has 1 fully saturated rings. The van der Waals surface area contributed by atoms with E-state index in [4.69, 9.17) is 0 Å². The van der Waals surface area contributed by atoms with Gasteiger partial charge in [-0.05, 0) is 49.4 Å². The van der Waals surface area contributed by atoms with Gasteiger partial charge in [-0.1, -0.05) is 12.8 Å². The van der Waals surface area contributed by atoms with Crippen LogP contribution in [0.1, 0.15) is 48.0 Å². The van der Waals surface area contributed by atoms with Gasteiger partial charge < -0.3 is 15.3 Å². The molecule has 0 aromatic heterocycles. The number of amides is 1. The molecule has 1 heterocycles. The Bertz CT molecular complexity index is 536. The van der Waals surface area contributed by atoms with Crippen molar-refractivity contribution in [3.8, 4) is 0 Å². The van der Waals surface area contributed by atoms with Gasteiger partial charge in [0, 0.05) is 31.4 Å². The minimum absolute atomic E-state index is 0.00342. The van der Waals surface area contributed by atoms with Crippen LogP contribution in [-0.4, -0.2) is 41.7 Å². The maximum absolute atomic E-state index is 12.6. The first-order valence-corrected chi connectivity index (χ1v) is 7.92. The monoisotopic (exact) mass is 288 g/mol. The van der Waals surface area contributed by atoms with Gasteiger partial charge in [0.2, 0.25) is 0 Å². The Morgan fingerprint density at radius 2 is 2.10 bits per heavy atom. The van der Waals surface area contributed by atoms with Crippen molar-refractivity contribution < 1.29 is 9.90 Å². The molecule has 1 aliphatic carbocycles. The van der Waals surface area contributed by atoms with E-state index in [0.29, 0.717) is 6.54 Å². The Hall–Kier alpha value is -1.55. The van der Waals surface area contributed by atoms with Crippen LogP contribution in [0.3, 0.4) is 0 Å². The zero-order chi connectivity index (χ0) is 14.9. The van der Waals surface area contributed by atoms with Gasteiger partial charge in [0.05, 0.1) is 5.60 Å². The summed E-state index contributed by atoms with van der Waals surface area (Å²) in [5, 5.41) is 13.8. The molecule has 0 spiro atoms. The average Bonchev–Trinajstić information content (AvgIpc) is 2.92. The van der Waals surface area contributed by atoms with Gasteiger partial charge in [0.15, 0.2) is 0 Å². The molecule has 1 aromatic carbocycles. The molecule has 0 radical (unpaired) electrons. The van der Waals surface area contributed by atoms with Gasteiger partial charge in [0.25, 0.3) is 5.91 Å². The highest BCUT2D eigenvalue weighted by Gasteiger charge is 2.33. The molecule has 1 aliphatic heterocycles. The highest BCUT2D eigenvalue weighted by atomic mass is 16.3. The van der Waals surface area contributed by atoms with E-state index < -0.39 is 5.60 Å². The lowest BCUT2D eigenvalue weighted by Gasteiger charge is -2.29.